The quantitative estimate of drug-likeness (QED) is 0.360. The Hall–Kier alpha value is -1.82. The number of hydroxylamine groups is 1. The number of hydrogen-bond acceptors (Lipinski definition) is 4. The summed E-state index contributed by atoms with van der Waals surface area (Å²) < 4.78 is 5.45. The van der Waals surface area contributed by atoms with Crippen molar-refractivity contribution in [2.45, 2.75) is 45.4 Å². The van der Waals surface area contributed by atoms with Gasteiger partial charge in [0.1, 0.15) is 5.76 Å². The molecular weight excluding hydrogens is 260 g/mol. The summed E-state index contributed by atoms with van der Waals surface area (Å²) in [6.07, 6.45) is 7.80. The van der Waals surface area contributed by atoms with Gasteiger partial charge in [0.15, 0.2) is 5.76 Å². The maximum absolute atomic E-state index is 11.8. The Balaban J connectivity index is 2.12. The molecule has 0 unspecified atom stereocenters. The van der Waals surface area contributed by atoms with E-state index in [-0.39, 0.29) is 11.8 Å². The van der Waals surface area contributed by atoms with E-state index in [1.54, 1.807) is 11.6 Å². The van der Waals surface area contributed by atoms with Crippen LogP contribution in [0.1, 0.15) is 45.4 Å². The van der Waals surface area contributed by atoms with E-state index in [4.69, 9.17) is 9.94 Å². The summed E-state index contributed by atoms with van der Waals surface area (Å²) in [6, 6.07) is 0. The molecule has 0 radical (unpaired) electrons. The molecule has 6 nitrogen and oxygen atoms in total. The fourth-order valence-electron chi connectivity index (χ4n) is 1.81. The molecule has 0 bridgehead atoms. The highest BCUT2D eigenvalue weighted by molar-refractivity contribution is 5.91. The number of carbonyl (C=O) groups is 2. The van der Waals surface area contributed by atoms with E-state index in [0.29, 0.717) is 25.1 Å². The first kappa shape index (κ1) is 16.2. The summed E-state index contributed by atoms with van der Waals surface area (Å²) in [5.74, 6) is 0.613. The molecule has 112 valence electrons. The molecule has 0 aromatic heterocycles. The number of amides is 2. The van der Waals surface area contributed by atoms with Crippen molar-refractivity contribution in [2.24, 2.45) is 0 Å². The second-order valence-corrected chi connectivity index (χ2v) is 4.53. The summed E-state index contributed by atoms with van der Waals surface area (Å²) in [5, 5.41) is 11.1. The van der Waals surface area contributed by atoms with Crippen molar-refractivity contribution in [1.82, 2.24) is 10.8 Å². The normalized spacial score (nSPS) is 13.9. The Morgan fingerprint density at radius 3 is 2.80 bits per heavy atom. The topological polar surface area (TPSA) is 87.7 Å². The van der Waals surface area contributed by atoms with Crippen molar-refractivity contribution >= 4 is 11.8 Å². The minimum absolute atomic E-state index is 0.197. The first-order valence-electron chi connectivity index (χ1n) is 6.95. The standard InChI is InChI=1S/C14H22N2O4/c1-2-11-7-6-8-12(20-11)14(18)15-10-5-3-4-9-13(17)16-19/h7-8,19H,2-6,9-10H2,1H3,(H,15,18)(H,16,17). The number of allylic oxidation sites excluding steroid dienone is 3. The average molecular weight is 282 g/mol. The van der Waals surface area contributed by atoms with E-state index >= 15 is 0 Å². The summed E-state index contributed by atoms with van der Waals surface area (Å²) in [6.45, 7) is 2.53. The van der Waals surface area contributed by atoms with Crippen LogP contribution in [0.5, 0.6) is 0 Å². The third-order valence-corrected chi connectivity index (χ3v) is 2.95. The van der Waals surface area contributed by atoms with Gasteiger partial charge in [-0.15, -0.1) is 0 Å². The smallest absolute Gasteiger partial charge is 0.286 e. The molecule has 0 saturated heterocycles. The fraction of sp³-hybridized carbons (Fsp3) is 0.571. The predicted octanol–water partition coefficient (Wildman–Crippen LogP) is 1.77. The van der Waals surface area contributed by atoms with Crippen LogP contribution in [0.3, 0.4) is 0 Å². The van der Waals surface area contributed by atoms with Gasteiger partial charge in [0.05, 0.1) is 0 Å². The molecule has 0 aromatic carbocycles. The van der Waals surface area contributed by atoms with Crippen LogP contribution in [-0.4, -0.2) is 23.6 Å². The molecule has 0 spiro atoms. The molecule has 0 saturated carbocycles. The molecule has 0 fully saturated rings. The molecule has 20 heavy (non-hydrogen) atoms. The minimum atomic E-state index is -0.381. The van der Waals surface area contributed by atoms with E-state index in [2.05, 4.69) is 5.32 Å². The van der Waals surface area contributed by atoms with Crippen molar-refractivity contribution in [3.05, 3.63) is 23.7 Å². The van der Waals surface area contributed by atoms with Gasteiger partial charge in [0.25, 0.3) is 5.91 Å². The molecule has 0 aromatic rings. The summed E-state index contributed by atoms with van der Waals surface area (Å²) >= 11 is 0. The third-order valence-electron chi connectivity index (χ3n) is 2.95. The molecule has 1 rings (SSSR count). The molecule has 0 aliphatic carbocycles. The predicted molar refractivity (Wildman–Crippen MR) is 73.6 cm³/mol. The Kier molecular flexibility index (Phi) is 7.42. The second-order valence-electron chi connectivity index (χ2n) is 4.53. The Morgan fingerprint density at radius 1 is 1.30 bits per heavy atom. The average Bonchev–Trinajstić information content (AvgIpc) is 2.50. The highest BCUT2D eigenvalue weighted by Gasteiger charge is 2.14. The van der Waals surface area contributed by atoms with Gasteiger partial charge in [0.2, 0.25) is 5.91 Å². The highest BCUT2D eigenvalue weighted by Crippen LogP contribution is 2.17. The van der Waals surface area contributed by atoms with E-state index < -0.39 is 0 Å². The van der Waals surface area contributed by atoms with Gasteiger partial charge >= 0.3 is 0 Å². The monoisotopic (exact) mass is 282 g/mol. The SMILES string of the molecule is CCC1=CCC=C(C(=O)NCCCCCC(=O)NO)O1. The molecule has 0 atom stereocenters. The van der Waals surface area contributed by atoms with E-state index in [1.165, 1.54) is 0 Å². The number of rotatable bonds is 8. The van der Waals surface area contributed by atoms with E-state index in [0.717, 1.165) is 31.4 Å². The van der Waals surface area contributed by atoms with Crippen molar-refractivity contribution in [3.63, 3.8) is 0 Å². The number of unbranched alkanes of at least 4 members (excludes halogenated alkanes) is 2. The number of carbonyl (C=O) groups excluding carboxylic acids is 2. The van der Waals surface area contributed by atoms with Crippen LogP contribution >= 0.6 is 0 Å². The maximum atomic E-state index is 11.8. The molecule has 1 aliphatic rings. The fourth-order valence-corrected chi connectivity index (χ4v) is 1.81. The van der Waals surface area contributed by atoms with Crippen molar-refractivity contribution < 1.29 is 19.5 Å². The van der Waals surface area contributed by atoms with Gasteiger partial charge < -0.3 is 10.1 Å². The van der Waals surface area contributed by atoms with Gasteiger partial charge in [-0.2, -0.15) is 0 Å². The second kappa shape index (κ2) is 9.14. The first-order chi connectivity index (χ1) is 9.67. The van der Waals surface area contributed by atoms with Gasteiger partial charge in [-0.1, -0.05) is 13.3 Å². The number of nitrogens with one attached hydrogen (secondary N) is 2. The number of hydrogen-bond donors (Lipinski definition) is 3. The minimum Gasteiger partial charge on any atom is -0.457 e. The van der Waals surface area contributed by atoms with Gasteiger partial charge in [-0.25, -0.2) is 5.48 Å². The van der Waals surface area contributed by atoms with Crippen LogP contribution in [0.4, 0.5) is 0 Å². The zero-order chi connectivity index (χ0) is 14.8. The summed E-state index contributed by atoms with van der Waals surface area (Å²) in [4.78, 5) is 22.6. The van der Waals surface area contributed by atoms with Crippen molar-refractivity contribution in [3.8, 4) is 0 Å². The number of ether oxygens (including phenoxy) is 1. The lowest BCUT2D eigenvalue weighted by molar-refractivity contribution is -0.129. The van der Waals surface area contributed by atoms with Gasteiger partial charge in [-0.3, -0.25) is 14.8 Å². The molecule has 1 aliphatic heterocycles. The Labute approximate surface area is 118 Å². The first-order valence-corrected chi connectivity index (χ1v) is 6.95. The Bertz CT molecular complexity index is 402. The molecule has 1 heterocycles. The zero-order valence-corrected chi connectivity index (χ0v) is 11.8. The van der Waals surface area contributed by atoms with Crippen LogP contribution < -0.4 is 10.8 Å². The van der Waals surface area contributed by atoms with Crippen LogP contribution in [0, 0.1) is 0 Å². The van der Waals surface area contributed by atoms with Crippen LogP contribution in [0.15, 0.2) is 23.7 Å². The van der Waals surface area contributed by atoms with Crippen molar-refractivity contribution in [2.75, 3.05) is 6.54 Å². The lowest BCUT2D eigenvalue weighted by atomic mass is 10.2. The molecule has 2 amide bonds. The van der Waals surface area contributed by atoms with Crippen LogP contribution in [-0.2, 0) is 14.3 Å². The lowest BCUT2D eigenvalue weighted by Crippen LogP contribution is -2.27. The van der Waals surface area contributed by atoms with Crippen molar-refractivity contribution in [1.29, 1.82) is 0 Å². The van der Waals surface area contributed by atoms with E-state index in [1.807, 2.05) is 13.0 Å². The zero-order valence-electron chi connectivity index (χ0n) is 11.8. The summed E-state index contributed by atoms with van der Waals surface area (Å²) in [7, 11) is 0. The Morgan fingerprint density at radius 2 is 2.10 bits per heavy atom. The van der Waals surface area contributed by atoms with Gasteiger partial charge in [0, 0.05) is 19.4 Å². The molecule has 6 heteroatoms. The van der Waals surface area contributed by atoms with Crippen LogP contribution in [0.25, 0.3) is 0 Å². The maximum Gasteiger partial charge on any atom is 0.286 e. The summed E-state index contributed by atoms with van der Waals surface area (Å²) in [5.41, 5.74) is 1.59. The lowest BCUT2D eigenvalue weighted by Gasteiger charge is -2.15. The highest BCUT2D eigenvalue weighted by atomic mass is 16.5. The molecular formula is C14H22N2O4. The largest absolute Gasteiger partial charge is 0.457 e. The molecule has 3 N–H and O–H groups in total. The van der Waals surface area contributed by atoms with E-state index in [9.17, 15) is 9.59 Å². The van der Waals surface area contributed by atoms with Gasteiger partial charge in [-0.05, 0) is 31.4 Å². The third kappa shape index (κ3) is 5.88. The van der Waals surface area contributed by atoms with Crippen LogP contribution in [0.2, 0.25) is 0 Å².